The largest absolute Gasteiger partial charge is 0.495 e. The molecule has 0 saturated carbocycles. The third kappa shape index (κ3) is 4.08. The Morgan fingerprint density at radius 1 is 0.885 bits per heavy atom. The van der Waals surface area contributed by atoms with E-state index in [4.69, 9.17) is 4.74 Å². The molecule has 6 heteroatoms. The molecule has 0 spiro atoms. The van der Waals surface area contributed by atoms with Gasteiger partial charge in [0.15, 0.2) is 5.82 Å². The zero-order valence-electron chi connectivity index (χ0n) is 15.4. The number of hydrogen-bond acceptors (Lipinski definition) is 6. The van der Waals surface area contributed by atoms with Crippen LogP contribution in [0.2, 0.25) is 0 Å². The zero-order valence-corrected chi connectivity index (χ0v) is 15.4. The van der Waals surface area contributed by atoms with Crippen molar-refractivity contribution in [2.75, 3.05) is 17.7 Å². The van der Waals surface area contributed by atoms with Crippen LogP contribution >= 0.6 is 0 Å². The Hall–Kier alpha value is -3.15. The van der Waals surface area contributed by atoms with Gasteiger partial charge in [-0.3, -0.25) is 0 Å². The smallest absolute Gasteiger partial charge is 0.249 e. The fraction of sp³-hybridized carbons (Fsp3) is 0.250. The lowest BCUT2D eigenvalue weighted by atomic mass is 9.86. The summed E-state index contributed by atoms with van der Waals surface area (Å²) < 4.78 is 5.34. The van der Waals surface area contributed by atoms with Crippen LogP contribution in [0.3, 0.4) is 0 Å². The van der Waals surface area contributed by atoms with Gasteiger partial charge in [-0.2, -0.15) is 10.1 Å². The van der Waals surface area contributed by atoms with Gasteiger partial charge in [0.1, 0.15) is 5.75 Å². The maximum absolute atomic E-state index is 5.34. The van der Waals surface area contributed by atoms with E-state index in [0.717, 1.165) is 11.4 Å². The summed E-state index contributed by atoms with van der Waals surface area (Å²) in [7, 11) is 1.63. The molecule has 0 radical (unpaired) electrons. The molecule has 0 fully saturated rings. The molecule has 26 heavy (non-hydrogen) atoms. The van der Waals surface area contributed by atoms with Gasteiger partial charge in [0.25, 0.3) is 0 Å². The molecule has 0 amide bonds. The monoisotopic (exact) mass is 349 g/mol. The fourth-order valence-electron chi connectivity index (χ4n) is 2.67. The predicted molar refractivity (Wildman–Crippen MR) is 105 cm³/mol. The van der Waals surface area contributed by atoms with Crippen molar-refractivity contribution in [3.8, 4) is 5.75 Å². The van der Waals surface area contributed by atoms with Crippen LogP contribution in [-0.2, 0) is 5.41 Å². The molecule has 0 aliphatic heterocycles. The van der Waals surface area contributed by atoms with Gasteiger partial charge in [0.2, 0.25) is 5.95 Å². The molecule has 0 aliphatic rings. The van der Waals surface area contributed by atoms with Gasteiger partial charge >= 0.3 is 0 Å². The highest BCUT2D eigenvalue weighted by molar-refractivity contribution is 5.65. The van der Waals surface area contributed by atoms with Crippen molar-refractivity contribution in [1.82, 2.24) is 15.2 Å². The minimum atomic E-state index is 0.0164. The van der Waals surface area contributed by atoms with E-state index in [1.54, 1.807) is 13.3 Å². The van der Waals surface area contributed by atoms with Gasteiger partial charge in [-0.05, 0) is 29.2 Å². The summed E-state index contributed by atoms with van der Waals surface area (Å²) in [6, 6.07) is 15.8. The normalized spacial score (nSPS) is 11.1. The van der Waals surface area contributed by atoms with E-state index in [1.807, 2.05) is 42.5 Å². The molecule has 2 aromatic carbocycles. The summed E-state index contributed by atoms with van der Waals surface area (Å²) in [6.07, 6.45) is 1.60. The maximum atomic E-state index is 5.34. The number of benzene rings is 2. The third-order valence-electron chi connectivity index (χ3n) is 3.91. The molecule has 0 bridgehead atoms. The predicted octanol–water partition coefficient (Wildman–Crippen LogP) is 4.66. The van der Waals surface area contributed by atoms with Crippen molar-refractivity contribution in [3.05, 3.63) is 60.3 Å². The first-order chi connectivity index (χ1) is 12.5. The number of nitrogens with one attached hydrogen (secondary N) is 2. The first-order valence-corrected chi connectivity index (χ1v) is 8.43. The molecule has 3 rings (SSSR count). The van der Waals surface area contributed by atoms with Crippen LogP contribution in [0.4, 0.5) is 23.1 Å². The maximum Gasteiger partial charge on any atom is 0.249 e. The van der Waals surface area contributed by atoms with Crippen LogP contribution in [0, 0.1) is 0 Å². The lowest BCUT2D eigenvalue weighted by molar-refractivity contribution is 0.417. The summed E-state index contributed by atoms with van der Waals surface area (Å²) in [6.45, 7) is 6.54. The first-order valence-electron chi connectivity index (χ1n) is 8.43. The van der Waals surface area contributed by atoms with E-state index in [2.05, 4.69) is 52.7 Å². The highest BCUT2D eigenvalue weighted by atomic mass is 16.5. The molecule has 3 aromatic rings. The third-order valence-corrected chi connectivity index (χ3v) is 3.91. The van der Waals surface area contributed by atoms with Crippen molar-refractivity contribution >= 4 is 23.1 Å². The highest BCUT2D eigenvalue weighted by Crippen LogP contribution is 2.31. The number of methoxy groups -OCH3 is 1. The fourth-order valence-corrected chi connectivity index (χ4v) is 2.67. The lowest BCUT2D eigenvalue weighted by Gasteiger charge is -2.23. The number of rotatable bonds is 5. The summed E-state index contributed by atoms with van der Waals surface area (Å²) >= 11 is 0. The number of nitrogens with zero attached hydrogens (tertiary/aromatic N) is 3. The van der Waals surface area contributed by atoms with Gasteiger partial charge in [-0.1, -0.05) is 51.1 Å². The topological polar surface area (TPSA) is 72.0 Å². The van der Waals surface area contributed by atoms with Gasteiger partial charge in [-0.25, -0.2) is 0 Å². The van der Waals surface area contributed by atoms with Crippen molar-refractivity contribution in [1.29, 1.82) is 0 Å². The summed E-state index contributed by atoms with van der Waals surface area (Å²) in [5, 5.41) is 14.6. The molecule has 1 heterocycles. The second-order valence-corrected chi connectivity index (χ2v) is 6.91. The molecular weight excluding hydrogens is 326 g/mol. The van der Waals surface area contributed by atoms with Crippen molar-refractivity contribution in [2.45, 2.75) is 26.2 Å². The number of ether oxygens (including phenoxy) is 1. The Morgan fingerprint density at radius 2 is 1.58 bits per heavy atom. The molecule has 0 saturated heterocycles. The number of anilines is 4. The van der Waals surface area contributed by atoms with Crippen LogP contribution in [0.25, 0.3) is 0 Å². The van der Waals surface area contributed by atoms with Crippen molar-refractivity contribution in [3.63, 3.8) is 0 Å². The van der Waals surface area contributed by atoms with E-state index < -0.39 is 0 Å². The molecule has 6 nitrogen and oxygen atoms in total. The van der Waals surface area contributed by atoms with E-state index >= 15 is 0 Å². The molecule has 0 aliphatic carbocycles. The molecule has 0 unspecified atom stereocenters. The second kappa shape index (κ2) is 7.39. The molecule has 1 aromatic heterocycles. The Kier molecular flexibility index (Phi) is 5.02. The number of para-hydroxylation sites is 3. The van der Waals surface area contributed by atoms with Crippen LogP contribution in [0.5, 0.6) is 5.75 Å². The minimum Gasteiger partial charge on any atom is -0.495 e. The summed E-state index contributed by atoms with van der Waals surface area (Å²) in [5.74, 6) is 1.73. The van der Waals surface area contributed by atoms with Crippen LogP contribution < -0.4 is 15.4 Å². The van der Waals surface area contributed by atoms with Crippen molar-refractivity contribution in [2.24, 2.45) is 0 Å². The molecule has 0 atom stereocenters. The van der Waals surface area contributed by atoms with Crippen LogP contribution in [0.1, 0.15) is 26.3 Å². The van der Waals surface area contributed by atoms with E-state index in [1.165, 1.54) is 5.56 Å². The average Bonchev–Trinajstić information content (AvgIpc) is 2.62. The van der Waals surface area contributed by atoms with Crippen LogP contribution in [0.15, 0.2) is 54.7 Å². The Labute approximate surface area is 153 Å². The van der Waals surface area contributed by atoms with Gasteiger partial charge in [0.05, 0.1) is 19.0 Å². The van der Waals surface area contributed by atoms with E-state index in [0.29, 0.717) is 17.5 Å². The Balaban J connectivity index is 1.85. The lowest BCUT2D eigenvalue weighted by Crippen LogP contribution is -2.14. The Bertz CT molecular complexity index is 889. The first kappa shape index (κ1) is 17.7. The number of hydrogen-bond donors (Lipinski definition) is 2. The van der Waals surface area contributed by atoms with E-state index in [-0.39, 0.29) is 5.41 Å². The summed E-state index contributed by atoms with van der Waals surface area (Å²) in [5.41, 5.74) is 3.01. The zero-order chi connectivity index (χ0) is 18.6. The average molecular weight is 349 g/mol. The minimum absolute atomic E-state index is 0.0164. The second-order valence-electron chi connectivity index (χ2n) is 6.91. The van der Waals surface area contributed by atoms with Crippen molar-refractivity contribution < 1.29 is 4.74 Å². The number of aromatic nitrogens is 3. The molecule has 134 valence electrons. The van der Waals surface area contributed by atoms with Gasteiger partial charge in [0, 0.05) is 5.69 Å². The molecule has 2 N–H and O–H groups in total. The highest BCUT2D eigenvalue weighted by Gasteiger charge is 2.17. The standard InChI is InChI=1S/C20H23N5O/c1-20(2,3)14-9-5-6-10-15(14)22-18-13-21-25-19(24-18)23-16-11-7-8-12-17(16)26-4/h5-13H,1-4H3,(H2,22,23,24,25). The van der Waals surface area contributed by atoms with Crippen LogP contribution in [-0.4, -0.2) is 22.3 Å². The van der Waals surface area contributed by atoms with E-state index in [9.17, 15) is 0 Å². The SMILES string of the molecule is COc1ccccc1Nc1nncc(Nc2ccccc2C(C)(C)C)n1. The summed E-state index contributed by atoms with van der Waals surface area (Å²) in [4.78, 5) is 4.51. The van der Waals surface area contributed by atoms with Gasteiger partial charge < -0.3 is 15.4 Å². The van der Waals surface area contributed by atoms with Gasteiger partial charge in [-0.15, -0.1) is 5.10 Å². The Morgan fingerprint density at radius 3 is 2.31 bits per heavy atom. The quantitative estimate of drug-likeness (QED) is 0.698. The molecular formula is C20H23N5O.